The van der Waals surface area contributed by atoms with Crippen molar-refractivity contribution >= 4 is 34.8 Å². The molecular weight excluding hydrogens is 262 g/mol. The monoisotopic (exact) mass is 273 g/mol. The number of aryl methyl sites for hydroxylation is 1. The lowest BCUT2D eigenvalue weighted by Gasteiger charge is -2.10. The van der Waals surface area contributed by atoms with E-state index in [2.05, 4.69) is 27.8 Å². The molecule has 1 aromatic heterocycles. The minimum atomic E-state index is -0.419. The molecule has 1 amide bonds. The second kappa shape index (κ2) is 6.21. The van der Waals surface area contributed by atoms with Crippen LogP contribution in [0.5, 0.6) is 0 Å². The van der Waals surface area contributed by atoms with Crippen molar-refractivity contribution in [2.45, 2.75) is 0 Å². The zero-order chi connectivity index (χ0) is 12.8. The van der Waals surface area contributed by atoms with E-state index in [1.807, 2.05) is 0 Å². The number of hydrazine groups is 1. The van der Waals surface area contributed by atoms with E-state index in [-0.39, 0.29) is 15.8 Å². The largest absolute Gasteiger partial charge is 0.358 e. The Bertz CT molecular complexity index is 425. The summed E-state index contributed by atoms with van der Waals surface area (Å²) in [6, 6.07) is 0. The van der Waals surface area contributed by atoms with Crippen molar-refractivity contribution in [3.05, 3.63) is 29.6 Å². The standard InChI is InChI=1S/C9H12ClN5OS/c1-3-4-11-9(17)14-13-8(16)7-6(10)5-12-15(7)2/h3,5H,1,4H2,2H3,(H,13,16)(H2,11,14,17). The molecule has 0 atom stereocenters. The van der Waals surface area contributed by atoms with Crippen LogP contribution in [-0.2, 0) is 7.05 Å². The summed E-state index contributed by atoms with van der Waals surface area (Å²) in [6.07, 6.45) is 3.04. The highest BCUT2D eigenvalue weighted by Gasteiger charge is 2.15. The van der Waals surface area contributed by atoms with E-state index >= 15 is 0 Å². The summed E-state index contributed by atoms with van der Waals surface area (Å²) < 4.78 is 1.37. The SMILES string of the molecule is C=CCNC(=S)NNC(=O)c1c(Cl)cnn1C. The van der Waals surface area contributed by atoms with Gasteiger partial charge in [0, 0.05) is 13.6 Å². The topological polar surface area (TPSA) is 71.0 Å². The molecule has 0 saturated carbocycles. The van der Waals surface area contributed by atoms with Crippen LogP contribution >= 0.6 is 23.8 Å². The van der Waals surface area contributed by atoms with Crippen LogP contribution < -0.4 is 16.2 Å². The lowest BCUT2D eigenvalue weighted by Crippen LogP contribution is -2.47. The average molecular weight is 274 g/mol. The minimum absolute atomic E-state index is 0.255. The van der Waals surface area contributed by atoms with Crippen LogP contribution in [0.25, 0.3) is 0 Å². The fourth-order valence-corrected chi connectivity index (χ4v) is 1.43. The number of hydrogen-bond acceptors (Lipinski definition) is 3. The first-order valence-electron chi connectivity index (χ1n) is 4.68. The summed E-state index contributed by atoms with van der Waals surface area (Å²) in [7, 11) is 1.62. The molecule has 1 rings (SSSR count). The maximum absolute atomic E-state index is 11.7. The van der Waals surface area contributed by atoms with Crippen molar-refractivity contribution in [2.75, 3.05) is 6.54 Å². The van der Waals surface area contributed by atoms with Crippen LogP contribution in [0.15, 0.2) is 18.9 Å². The van der Waals surface area contributed by atoms with E-state index in [0.717, 1.165) is 0 Å². The van der Waals surface area contributed by atoms with E-state index in [1.165, 1.54) is 10.9 Å². The molecule has 0 aromatic carbocycles. The maximum atomic E-state index is 11.7. The molecule has 17 heavy (non-hydrogen) atoms. The molecule has 1 aromatic rings. The number of carbonyl (C=O) groups is 1. The second-order valence-electron chi connectivity index (χ2n) is 3.04. The van der Waals surface area contributed by atoms with E-state index < -0.39 is 5.91 Å². The van der Waals surface area contributed by atoms with Crippen molar-refractivity contribution < 1.29 is 4.79 Å². The zero-order valence-electron chi connectivity index (χ0n) is 9.16. The van der Waals surface area contributed by atoms with E-state index in [4.69, 9.17) is 23.8 Å². The summed E-state index contributed by atoms with van der Waals surface area (Å²) >= 11 is 10.7. The smallest absolute Gasteiger partial charge is 0.289 e. The summed E-state index contributed by atoms with van der Waals surface area (Å²) in [5.74, 6) is -0.419. The van der Waals surface area contributed by atoms with Crippen molar-refractivity contribution in [3.8, 4) is 0 Å². The van der Waals surface area contributed by atoms with Crippen LogP contribution in [0.1, 0.15) is 10.5 Å². The average Bonchev–Trinajstić information content (AvgIpc) is 2.63. The van der Waals surface area contributed by atoms with Crippen LogP contribution in [0.2, 0.25) is 5.02 Å². The molecule has 0 bridgehead atoms. The van der Waals surface area contributed by atoms with Gasteiger partial charge in [-0.25, -0.2) is 0 Å². The number of amides is 1. The molecule has 92 valence electrons. The highest BCUT2D eigenvalue weighted by Crippen LogP contribution is 2.12. The predicted molar refractivity (Wildman–Crippen MR) is 69.6 cm³/mol. The van der Waals surface area contributed by atoms with Gasteiger partial charge in [-0.3, -0.25) is 20.3 Å². The minimum Gasteiger partial charge on any atom is -0.358 e. The molecule has 0 spiro atoms. The van der Waals surface area contributed by atoms with Gasteiger partial charge in [0.1, 0.15) is 5.69 Å². The van der Waals surface area contributed by atoms with Crippen molar-refractivity contribution in [2.24, 2.45) is 7.05 Å². The van der Waals surface area contributed by atoms with Gasteiger partial charge >= 0.3 is 0 Å². The van der Waals surface area contributed by atoms with Gasteiger partial charge in [0.2, 0.25) is 0 Å². The molecule has 0 radical (unpaired) electrons. The number of carbonyl (C=O) groups excluding carboxylic acids is 1. The number of aromatic nitrogens is 2. The molecule has 3 N–H and O–H groups in total. The molecular formula is C9H12ClN5OS. The Labute approximate surface area is 109 Å². The number of hydrogen-bond donors (Lipinski definition) is 3. The van der Waals surface area contributed by atoms with E-state index in [9.17, 15) is 4.79 Å². The molecule has 1 heterocycles. The van der Waals surface area contributed by atoms with Gasteiger partial charge < -0.3 is 5.32 Å². The fraction of sp³-hybridized carbons (Fsp3) is 0.222. The lowest BCUT2D eigenvalue weighted by atomic mass is 10.4. The van der Waals surface area contributed by atoms with Crippen molar-refractivity contribution in [3.63, 3.8) is 0 Å². The first-order chi connectivity index (χ1) is 8.06. The van der Waals surface area contributed by atoms with Crippen LogP contribution in [0.4, 0.5) is 0 Å². The number of halogens is 1. The van der Waals surface area contributed by atoms with Crippen LogP contribution in [0, 0.1) is 0 Å². The zero-order valence-corrected chi connectivity index (χ0v) is 10.7. The number of nitrogens with zero attached hydrogens (tertiary/aromatic N) is 2. The van der Waals surface area contributed by atoms with Gasteiger partial charge in [-0.05, 0) is 12.2 Å². The fourth-order valence-electron chi connectivity index (χ4n) is 1.05. The quantitative estimate of drug-likeness (QED) is 0.422. The Balaban J connectivity index is 2.50. The molecule has 0 fully saturated rings. The Morgan fingerprint density at radius 3 is 2.94 bits per heavy atom. The Morgan fingerprint density at radius 2 is 2.41 bits per heavy atom. The lowest BCUT2D eigenvalue weighted by molar-refractivity contribution is 0.0934. The van der Waals surface area contributed by atoms with Gasteiger partial charge in [-0.2, -0.15) is 5.10 Å². The summed E-state index contributed by atoms with van der Waals surface area (Å²) in [4.78, 5) is 11.7. The molecule has 8 heteroatoms. The highest BCUT2D eigenvalue weighted by molar-refractivity contribution is 7.80. The summed E-state index contributed by atoms with van der Waals surface area (Å²) in [5, 5.41) is 7.21. The molecule has 0 unspecified atom stereocenters. The summed E-state index contributed by atoms with van der Waals surface area (Å²) in [5.41, 5.74) is 5.19. The number of nitrogens with one attached hydrogen (secondary N) is 3. The van der Waals surface area contributed by atoms with Gasteiger partial charge in [0.25, 0.3) is 5.91 Å². The third-order valence-corrected chi connectivity index (χ3v) is 2.33. The van der Waals surface area contributed by atoms with Gasteiger partial charge in [-0.1, -0.05) is 17.7 Å². The predicted octanol–water partition coefficient (Wildman–Crippen LogP) is 0.368. The molecule has 0 aliphatic carbocycles. The normalized spacial score (nSPS) is 9.53. The van der Waals surface area contributed by atoms with Crippen LogP contribution in [-0.4, -0.2) is 27.3 Å². The summed E-state index contributed by atoms with van der Waals surface area (Å²) in [6.45, 7) is 4.03. The van der Waals surface area contributed by atoms with Gasteiger partial charge in [0.05, 0.1) is 11.2 Å². The number of rotatable bonds is 3. The number of thiocarbonyl (C=S) groups is 1. The molecule has 0 aliphatic heterocycles. The van der Waals surface area contributed by atoms with Gasteiger partial charge in [0.15, 0.2) is 5.11 Å². The van der Waals surface area contributed by atoms with Crippen LogP contribution in [0.3, 0.4) is 0 Å². The van der Waals surface area contributed by atoms with E-state index in [1.54, 1.807) is 13.1 Å². The third-order valence-electron chi connectivity index (χ3n) is 1.81. The molecule has 0 aliphatic rings. The highest BCUT2D eigenvalue weighted by atomic mass is 35.5. The first-order valence-corrected chi connectivity index (χ1v) is 5.47. The Morgan fingerprint density at radius 1 is 1.71 bits per heavy atom. The molecule has 6 nitrogen and oxygen atoms in total. The third kappa shape index (κ3) is 3.72. The Hall–Kier alpha value is -1.60. The maximum Gasteiger partial charge on any atom is 0.289 e. The van der Waals surface area contributed by atoms with Crippen molar-refractivity contribution in [1.82, 2.24) is 25.9 Å². The molecule has 0 saturated heterocycles. The van der Waals surface area contributed by atoms with E-state index in [0.29, 0.717) is 6.54 Å². The second-order valence-corrected chi connectivity index (χ2v) is 3.86. The van der Waals surface area contributed by atoms with Gasteiger partial charge in [-0.15, -0.1) is 6.58 Å². The van der Waals surface area contributed by atoms with Crippen molar-refractivity contribution in [1.29, 1.82) is 0 Å². The first kappa shape index (κ1) is 13.5. The Kier molecular flexibility index (Phi) is 4.92.